The van der Waals surface area contributed by atoms with E-state index in [4.69, 9.17) is 9.47 Å². The zero-order valence-corrected chi connectivity index (χ0v) is 10.8. The molecule has 3 nitrogen and oxygen atoms in total. The van der Waals surface area contributed by atoms with Gasteiger partial charge in [0.1, 0.15) is 0 Å². The molecule has 1 aliphatic rings. The van der Waals surface area contributed by atoms with Gasteiger partial charge in [-0.2, -0.15) is 0 Å². The monoisotopic (exact) mass is 229 g/mol. The van der Waals surface area contributed by atoms with E-state index in [1.807, 2.05) is 0 Å². The van der Waals surface area contributed by atoms with E-state index in [9.17, 15) is 0 Å². The normalized spacial score (nSPS) is 18.4. The molecule has 1 atom stereocenters. The van der Waals surface area contributed by atoms with Gasteiger partial charge in [0.2, 0.25) is 0 Å². The maximum Gasteiger partial charge on any atom is 0.0487 e. The van der Waals surface area contributed by atoms with Gasteiger partial charge in [-0.15, -0.1) is 0 Å². The highest BCUT2D eigenvalue weighted by molar-refractivity contribution is 4.76. The average molecular weight is 229 g/mol. The van der Waals surface area contributed by atoms with Crippen molar-refractivity contribution in [2.24, 2.45) is 5.92 Å². The van der Waals surface area contributed by atoms with Gasteiger partial charge in [-0.25, -0.2) is 0 Å². The Morgan fingerprint density at radius 3 is 2.69 bits per heavy atom. The lowest BCUT2D eigenvalue weighted by molar-refractivity contribution is 0.0943. The summed E-state index contributed by atoms with van der Waals surface area (Å²) >= 11 is 0. The molecule has 0 radical (unpaired) electrons. The number of nitrogens with one attached hydrogen (secondary N) is 1. The van der Waals surface area contributed by atoms with Gasteiger partial charge in [0.15, 0.2) is 0 Å². The number of methoxy groups -OCH3 is 1. The highest BCUT2D eigenvalue weighted by atomic mass is 16.5. The van der Waals surface area contributed by atoms with Crippen molar-refractivity contribution in [2.75, 3.05) is 33.5 Å². The largest absolute Gasteiger partial charge is 0.385 e. The summed E-state index contributed by atoms with van der Waals surface area (Å²) in [6.07, 6.45) is 6.33. The van der Waals surface area contributed by atoms with Crippen LogP contribution in [0.5, 0.6) is 0 Å². The summed E-state index contributed by atoms with van der Waals surface area (Å²) in [7, 11) is 1.73. The van der Waals surface area contributed by atoms with Crippen molar-refractivity contribution in [1.82, 2.24) is 5.32 Å². The van der Waals surface area contributed by atoms with E-state index < -0.39 is 0 Å². The Morgan fingerprint density at radius 2 is 2.06 bits per heavy atom. The van der Waals surface area contributed by atoms with Crippen LogP contribution in [-0.4, -0.2) is 39.5 Å². The fourth-order valence-electron chi connectivity index (χ4n) is 1.77. The van der Waals surface area contributed by atoms with Crippen LogP contribution in [0.3, 0.4) is 0 Å². The van der Waals surface area contributed by atoms with Gasteiger partial charge in [0, 0.05) is 33.0 Å². The number of ether oxygens (including phenoxy) is 2. The minimum absolute atomic E-state index is 0.725. The Bertz CT molecular complexity index is 160. The second kappa shape index (κ2) is 8.97. The fraction of sp³-hybridized carbons (Fsp3) is 1.00. The van der Waals surface area contributed by atoms with Crippen molar-refractivity contribution in [2.45, 2.75) is 45.1 Å². The fourth-order valence-corrected chi connectivity index (χ4v) is 1.77. The molecule has 1 fully saturated rings. The lowest BCUT2D eigenvalue weighted by atomic mass is 9.92. The SMILES string of the molecule is COCCCOCCC(C)CNC1CCC1. The van der Waals surface area contributed by atoms with E-state index in [-0.39, 0.29) is 0 Å². The van der Waals surface area contributed by atoms with Gasteiger partial charge in [0.05, 0.1) is 0 Å². The van der Waals surface area contributed by atoms with Crippen LogP contribution in [0.15, 0.2) is 0 Å². The van der Waals surface area contributed by atoms with E-state index in [0.717, 1.165) is 51.2 Å². The molecule has 0 aromatic rings. The maximum absolute atomic E-state index is 5.55. The van der Waals surface area contributed by atoms with Gasteiger partial charge in [-0.05, 0) is 38.1 Å². The first-order valence-corrected chi connectivity index (χ1v) is 6.63. The first-order valence-electron chi connectivity index (χ1n) is 6.63. The van der Waals surface area contributed by atoms with Gasteiger partial charge in [-0.1, -0.05) is 13.3 Å². The minimum Gasteiger partial charge on any atom is -0.385 e. The Balaban J connectivity index is 1.80. The van der Waals surface area contributed by atoms with E-state index >= 15 is 0 Å². The molecule has 0 amide bonds. The van der Waals surface area contributed by atoms with E-state index in [1.54, 1.807) is 7.11 Å². The van der Waals surface area contributed by atoms with Crippen molar-refractivity contribution in [3.05, 3.63) is 0 Å². The van der Waals surface area contributed by atoms with Crippen molar-refractivity contribution >= 4 is 0 Å². The summed E-state index contributed by atoms with van der Waals surface area (Å²) < 4.78 is 10.5. The molecule has 3 heteroatoms. The maximum atomic E-state index is 5.55. The van der Waals surface area contributed by atoms with Gasteiger partial charge >= 0.3 is 0 Å². The second-order valence-electron chi connectivity index (χ2n) is 4.89. The van der Waals surface area contributed by atoms with Crippen LogP contribution in [0.2, 0.25) is 0 Å². The van der Waals surface area contributed by atoms with Gasteiger partial charge in [-0.3, -0.25) is 0 Å². The van der Waals surface area contributed by atoms with Gasteiger partial charge in [0.25, 0.3) is 0 Å². The van der Waals surface area contributed by atoms with Crippen molar-refractivity contribution in [1.29, 1.82) is 0 Å². The van der Waals surface area contributed by atoms with Crippen molar-refractivity contribution in [3.8, 4) is 0 Å². The molecule has 0 aromatic heterocycles. The number of rotatable bonds is 10. The van der Waals surface area contributed by atoms with Crippen LogP contribution >= 0.6 is 0 Å². The third kappa shape index (κ3) is 6.46. The zero-order valence-electron chi connectivity index (χ0n) is 10.8. The predicted octanol–water partition coefficient (Wildman–Crippen LogP) is 2.21. The molecule has 1 aliphatic carbocycles. The Kier molecular flexibility index (Phi) is 7.81. The Hall–Kier alpha value is -0.120. The first kappa shape index (κ1) is 13.9. The lowest BCUT2D eigenvalue weighted by Gasteiger charge is -2.28. The second-order valence-corrected chi connectivity index (χ2v) is 4.89. The molecular weight excluding hydrogens is 202 g/mol. The zero-order chi connectivity index (χ0) is 11.6. The summed E-state index contributed by atoms with van der Waals surface area (Å²) in [6, 6.07) is 0.810. The van der Waals surface area contributed by atoms with Crippen LogP contribution in [-0.2, 0) is 9.47 Å². The molecule has 1 unspecified atom stereocenters. The van der Waals surface area contributed by atoms with E-state index in [2.05, 4.69) is 12.2 Å². The quantitative estimate of drug-likeness (QED) is 0.583. The van der Waals surface area contributed by atoms with Crippen LogP contribution in [0, 0.1) is 5.92 Å². The Morgan fingerprint density at radius 1 is 1.25 bits per heavy atom. The molecule has 1 N–H and O–H groups in total. The summed E-state index contributed by atoms with van der Waals surface area (Å²) in [4.78, 5) is 0. The van der Waals surface area contributed by atoms with E-state index in [0.29, 0.717) is 0 Å². The summed E-state index contributed by atoms with van der Waals surface area (Å²) in [5.41, 5.74) is 0. The highest BCUT2D eigenvalue weighted by Gasteiger charge is 2.16. The molecule has 0 bridgehead atoms. The number of hydrogen-bond acceptors (Lipinski definition) is 3. The smallest absolute Gasteiger partial charge is 0.0487 e. The summed E-state index contributed by atoms with van der Waals surface area (Å²) in [6.45, 7) is 5.96. The van der Waals surface area contributed by atoms with Crippen LogP contribution in [0.1, 0.15) is 39.0 Å². The molecule has 1 rings (SSSR count). The van der Waals surface area contributed by atoms with Crippen LogP contribution in [0.25, 0.3) is 0 Å². The van der Waals surface area contributed by atoms with Gasteiger partial charge < -0.3 is 14.8 Å². The molecule has 0 spiro atoms. The molecule has 1 saturated carbocycles. The average Bonchev–Trinajstić information content (AvgIpc) is 2.21. The molecule has 0 saturated heterocycles. The Labute approximate surface area is 99.9 Å². The summed E-state index contributed by atoms with van der Waals surface area (Å²) in [5.74, 6) is 0.725. The lowest BCUT2D eigenvalue weighted by Crippen LogP contribution is -2.37. The van der Waals surface area contributed by atoms with Crippen molar-refractivity contribution in [3.63, 3.8) is 0 Å². The minimum atomic E-state index is 0.725. The molecule has 0 aliphatic heterocycles. The summed E-state index contributed by atoms with van der Waals surface area (Å²) in [5, 5.41) is 3.60. The molecular formula is C13H27NO2. The van der Waals surface area contributed by atoms with Crippen molar-refractivity contribution < 1.29 is 9.47 Å². The van der Waals surface area contributed by atoms with E-state index in [1.165, 1.54) is 19.3 Å². The molecule has 0 heterocycles. The topological polar surface area (TPSA) is 30.5 Å². The highest BCUT2D eigenvalue weighted by Crippen LogP contribution is 2.18. The predicted molar refractivity (Wildman–Crippen MR) is 66.7 cm³/mol. The van der Waals surface area contributed by atoms with Crippen LogP contribution < -0.4 is 5.32 Å². The third-order valence-corrected chi connectivity index (χ3v) is 3.25. The molecule has 96 valence electrons. The third-order valence-electron chi connectivity index (χ3n) is 3.25. The first-order chi connectivity index (χ1) is 7.83. The standard InChI is InChI=1S/C13H27NO2/c1-12(11-14-13-5-3-6-13)7-10-16-9-4-8-15-2/h12-14H,3-11H2,1-2H3. The molecule has 16 heavy (non-hydrogen) atoms. The molecule has 0 aromatic carbocycles. The number of hydrogen-bond donors (Lipinski definition) is 1. The van der Waals surface area contributed by atoms with Crippen LogP contribution in [0.4, 0.5) is 0 Å².